The fraction of sp³-hybridized carbons (Fsp3) is 0.200. The van der Waals surface area contributed by atoms with E-state index in [0.717, 1.165) is 34.1 Å². The van der Waals surface area contributed by atoms with Crippen LogP contribution in [0, 0.1) is 0 Å². The minimum Gasteiger partial charge on any atom is -0.494 e. The van der Waals surface area contributed by atoms with E-state index in [0.29, 0.717) is 13.2 Å². The lowest BCUT2D eigenvalue weighted by Gasteiger charge is -2.04. The number of furan rings is 1. The standard InChI is InChI=1S/C15H15NO2/c16-8-3-9-17-11-6-7-15-13(10-11)12-4-1-2-5-14(12)18-15/h1-2,4-7,10H,3,8-9,16H2. The number of hydrogen-bond donors (Lipinski definition) is 1. The van der Waals surface area contributed by atoms with Gasteiger partial charge in [0.1, 0.15) is 16.9 Å². The summed E-state index contributed by atoms with van der Waals surface area (Å²) in [5, 5.41) is 2.22. The SMILES string of the molecule is NCCCOc1ccc2oc3ccccc3c2c1. The van der Waals surface area contributed by atoms with Gasteiger partial charge in [-0.3, -0.25) is 0 Å². The fourth-order valence-electron chi connectivity index (χ4n) is 2.07. The maximum atomic E-state index is 5.76. The number of hydrogen-bond acceptors (Lipinski definition) is 3. The molecule has 0 bridgehead atoms. The summed E-state index contributed by atoms with van der Waals surface area (Å²) in [7, 11) is 0. The lowest BCUT2D eigenvalue weighted by atomic mass is 10.1. The Bertz CT molecular complexity index is 672. The maximum Gasteiger partial charge on any atom is 0.135 e. The summed E-state index contributed by atoms with van der Waals surface area (Å²) in [6.07, 6.45) is 0.865. The molecule has 3 rings (SSSR count). The van der Waals surface area contributed by atoms with Crippen molar-refractivity contribution in [2.24, 2.45) is 5.73 Å². The van der Waals surface area contributed by atoms with Gasteiger partial charge in [-0.1, -0.05) is 18.2 Å². The Morgan fingerprint density at radius 1 is 1.00 bits per heavy atom. The van der Waals surface area contributed by atoms with Crippen molar-refractivity contribution in [1.82, 2.24) is 0 Å². The highest BCUT2D eigenvalue weighted by atomic mass is 16.5. The lowest BCUT2D eigenvalue weighted by Crippen LogP contribution is -2.05. The number of ether oxygens (including phenoxy) is 1. The second kappa shape index (κ2) is 4.70. The largest absolute Gasteiger partial charge is 0.494 e. The Morgan fingerprint density at radius 3 is 2.72 bits per heavy atom. The van der Waals surface area contributed by atoms with Crippen LogP contribution in [0.4, 0.5) is 0 Å². The molecule has 0 saturated carbocycles. The molecule has 0 amide bonds. The molecule has 0 aliphatic heterocycles. The molecule has 0 unspecified atom stereocenters. The normalized spacial score (nSPS) is 11.2. The lowest BCUT2D eigenvalue weighted by molar-refractivity contribution is 0.314. The van der Waals surface area contributed by atoms with E-state index in [1.807, 2.05) is 36.4 Å². The number of benzene rings is 2. The molecule has 0 aliphatic rings. The van der Waals surface area contributed by atoms with Crippen LogP contribution >= 0.6 is 0 Å². The molecule has 18 heavy (non-hydrogen) atoms. The highest BCUT2D eigenvalue weighted by molar-refractivity contribution is 6.05. The van der Waals surface area contributed by atoms with Gasteiger partial charge in [-0.15, -0.1) is 0 Å². The summed E-state index contributed by atoms with van der Waals surface area (Å²) < 4.78 is 11.4. The summed E-state index contributed by atoms with van der Waals surface area (Å²) >= 11 is 0. The first-order chi connectivity index (χ1) is 8.88. The molecule has 0 spiro atoms. The summed E-state index contributed by atoms with van der Waals surface area (Å²) in [5.41, 5.74) is 7.25. The van der Waals surface area contributed by atoms with Crippen molar-refractivity contribution in [1.29, 1.82) is 0 Å². The smallest absolute Gasteiger partial charge is 0.135 e. The maximum absolute atomic E-state index is 5.76. The van der Waals surface area contributed by atoms with Crippen LogP contribution in [-0.2, 0) is 0 Å². The van der Waals surface area contributed by atoms with E-state index in [1.54, 1.807) is 0 Å². The van der Waals surface area contributed by atoms with Crippen LogP contribution in [-0.4, -0.2) is 13.2 Å². The van der Waals surface area contributed by atoms with Crippen molar-refractivity contribution in [2.75, 3.05) is 13.2 Å². The Kier molecular flexibility index (Phi) is 2.90. The Labute approximate surface area is 105 Å². The third-order valence-corrected chi connectivity index (χ3v) is 2.97. The van der Waals surface area contributed by atoms with Gasteiger partial charge in [-0.25, -0.2) is 0 Å². The second-order valence-electron chi connectivity index (χ2n) is 4.25. The number of para-hydroxylation sites is 1. The third-order valence-electron chi connectivity index (χ3n) is 2.97. The van der Waals surface area contributed by atoms with Gasteiger partial charge in [-0.2, -0.15) is 0 Å². The van der Waals surface area contributed by atoms with E-state index in [4.69, 9.17) is 14.9 Å². The quantitative estimate of drug-likeness (QED) is 0.713. The molecule has 0 saturated heterocycles. The number of nitrogens with two attached hydrogens (primary N) is 1. The summed E-state index contributed by atoms with van der Waals surface area (Å²) in [6.45, 7) is 1.30. The second-order valence-corrected chi connectivity index (χ2v) is 4.25. The van der Waals surface area contributed by atoms with Crippen molar-refractivity contribution in [3.63, 3.8) is 0 Å². The van der Waals surface area contributed by atoms with Crippen molar-refractivity contribution in [2.45, 2.75) is 6.42 Å². The van der Waals surface area contributed by atoms with E-state index in [-0.39, 0.29) is 0 Å². The molecule has 3 heteroatoms. The molecular formula is C15H15NO2. The van der Waals surface area contributed by atoms with Gasteiger partial charge in [0, 0.05) is 10.8 Å². The zero-order valence-corrected chi connectivity index (χ0v) is 10.1. The molecule has 1 aromatic heterocycles. The third kappa shape index (κ3) is 1.93. The van der Waals surface area contributed by atoms with Crippen LogP contribution in [0.25, 0.3) is 21.9 Å². The van der Waals surface area contributed by atoms with E-state index in [9.17, 15) is 0 Å². The molecule has 0 aliphatic carbocycles. The van der Waals surface area contributed by atoms with Crippen LogP contribution in [0.2, 0.25) is 0 Å². The number of rotatable bonds is 4. The molecule has 0 radical (unpaired) electrons. The van der Waals surface area contributed by atoms with Gasteiger partial charge in [0.2, 0.25) is 0 Å². The van der Waals surface area contributed by atoms with Crippen LogP contribution in [0.1, 0.15) is 6.42 Å². The minimum absolute atomic E-state index is 0.650. The Morgan fingerprint density at radius 2 is 1.83 bits per heavy atom. The zero-order valence-electron chi connectivity index (χ0n) is 10.1. The Balaban J connectivity index is 2.02. The average molecular weight is 241 g/mol. The van der Waals surface area contributed by atoms with Crippen LogP contribution in [0.3, 0.4) is 0 Å². The molecule has 2 N–H and O–H groups in total. The molecule has 1 heterocycles. The zero-order chi connectivity index (χ0) is 12.4. The van der Waals surface area contributed by atoms with Crippen molar-refractivity contribution in [3.05, 3.63) is 42.5 Å². The molecule has 2 aromatic carbocycles. The molecule has 0 fully saturated rings. The minimum atomic E-state index is 0.650. The molecule has 92 valence electrons. The van der Waals surface area contributed by atoms with Crippen molar-refractivity contribution >= 4 is 21.9 Å². The predicted octanol–water partition coefficient (Wildman–Crippen LogP) is 3.31. The molecule has 3 nitrogen and oxygen atoms in total. The monoisotopic (exact) mass is 241 g/mol. The summed E-state index contributed by atoms with van der Waals surface area (Å²) in [6, 6.07) is 13.9. The van der Waals surface area contributed by atoms with E-state index in [1.165, 1.54) is 0 Å². The molecule has 0 atom stereocenters. The first-order valence-corrected chi connectivity index (χ1v) is 6.12. The molecule has 3 aromatic rings. The van der Waals surface area contributed by atoms with Crippen molar-refractivity contribution < 1.29 is 9.15 Å². The Hall–Kier alpha value is -2.00. The summed E-state index contributed by atoms with van der Waals surface area (Å²) in [4.78, 5) is 0. The van der Waals surface area contributed by atoms with E-state index < -0.39 is 0 Å². The van der Waals surface area contributed by atoms with E-state index >= 15 is 0 Å². The van der Waals surface area contributed by atoms with Gasteiger partial charge in [0.15, 0.2) is 0 Å². The molecular weight excluding hydrogens is 226 g/mol. The highest BCUT2D eigenvalue weighted by Gasteiger charge is 2.06. The van der Waals surface area contributed by atoms with Gasteiger partial charge < -0.3 is 14.9 Å². The number of fused-ring (bicyclic) bond motifs is 3. The van der Waals surface area contributed by atoms with Gasteiger partial charge >= 0.3 is 0 Å². The van der Waals surface area contributed by atoms with Gasteiger partial charge in [0.05, 0.1) is 6.61 Å². The first kappa shape index (κ1) is 11.1. The highest BCUT2D eigenvalue weighted by Crippen LogP contribution is 2.31. The van der Waals surface area contributed by atoms with Gasteiger partial charge in [-0.05, 0) is 37.2 Å². The van der Waals surface area contributed by atoms with Crippen LogP contribution in [0.15, 0.2) is 46.9 Å². The van der Waals surface area contributed by atoms with E-state index in [2.05, 4.69) is 6.07 Å². The summed E-state index contributed by atoms with van der Waals surface area (Å²) in [5.74, 6) is 0.863. The van der Waals surface area contributed by atoms with Gasteiger partial charge in [0.25, 0.3) is 0 Å². The topological polar surface area (TPSA) is 48.4 Å². The van der Waals surface area contributed by atoms with Crippen molar-refractivity contribution in [3.8, 4) is 5.75 Å². The average Bonchev–Trinajstić information content (AvgIpc) is 2.77. The predicted molar refractivity (Wildman–Crippen MR) is 72.9 cm³/mol. The fourth-order valence-corrected chi connectivity index (χ4v) is 2.07. The van der Waals surface area contributed by atoms with Crippen LogP contribution < -0.4 is 10.5 Å². The van der Waals surface area contributed by atoms with Crippen LogP contribution in [0.5, 0.6) is 5.75 Å². The first-order valence-electron chi connectivity index (χ1n) is 6.12.